The molecule has 1 heterocycles. The lowest BCUT2D eigenvalue weighted by molar-refractivity contribution is 0.693. The van der Waals surface area contributed by atoms with Crippen LogP contribution >= 0.6 is 11.6 Å². The Hall–Kier alpha value is -1.58. The zero-order valence-electron chi connectivity index (χ0n) is 9.44. The van der Waals surface area contributed by atoms with E-state index in [1.54, 1.807) is 10.9 Å². The molecule has 0 aliphatic rings. The molecule has 0 amide bonds. The van der Waals surface area contributed by atoms with Gasteiger partial charge >= 0.3 is 0 Å². The fourth-order valence-electron chi connectivity index (χ4n) is 1.55. The Labute approximate surface area is 106 Å². The van der Waals surface area contributed by atoms with Crippen LogP contribution in [0.4, 0.5) is 0 Å². The summed E-state index contributed by atoms with van der Waals surface area (Å²) >= 11 is 6.06. The quantitative estimate of drug-likeness (QED) is 0.881. The second-order valence-electron chi connectivity index (χ2n) is 3.71. The SMILES string of the molecule is C=Cn1cc(CNCc2ccccc2Cl)cn1. The Balaban J connectivity index is 1.87. The first kappa shape index (κ1) is 11.9. The predicted molar refractivity (Wildman–Crippen MR) is 70.6 cm³/mol. The second kappa shape index (κ2) is 5.66. The summed E-state index contributed by atoms with van der Waals surface area (Å²) in [5.74, 6) is 0. The van der Waals surface area contributed by atoms with E-state index >= 15 is 0 Å². The fourth-order valence-corrected chi connectivity index (χ4v) is 1.75. The largest absolute Gasteiger partial charge is 0.308 e. The number of benzene rings is 1. The predicted octanol–water partition coefficient (Wildman–Crippen LogP) is 2.93. The molecule has 1 aromatic carbocycles. The molecule has 17 heavy (non-hydrogen) atoms. The lowest BCUT2D eigenvalue weighted by atomic mass is 10.2. The highest BCUT2D eigenvalue weighted by atomic mass is 35.5. The molecule has 0 aliphatic carbocycles. The van der Waals surface area contributed by atoms with Gasteiger partial charge in [-0.15, -0.1) is 0 Å². The van der Waals surface area contributed by atoms with Gasteiger partial charge in [0.05, 0.1) is 6.20 Å². The number of hydrogen-bond acceptors (Lipinski definition) is 2. The van der Waals surface area contributed by atoms with E-state index < -0.39 is 0 Å². The van der Waals surface area contributed by atoms with Crippen LogP contribution in [0.2, 0.25) is 5.02 Å². The Bertz CT molecular complexity index is 505. The summed E-state index contributed by atoms with van der Waals surface area (Å²) in [7, 11) is 0. The molecular weight excluding hydrogens is 234 g/mol. The van der Waals surface area contributed by atoms with Crippen molar-refractivity contribution in [1.82, 2.24) is 15.1 Å². The first-order valence-electron chi connectivity index (χ1n) is 5.39. The monoisotopic (exact) mass is 247 g/mol. The third kappa shape index (κ3) is 3.19. The molecule has 88 valence electrons. The number of nitrogens with zero attached hydrogens (tertiary/aromatic N) is 2. The maximum absolute atomic E-state index is 6.06. The van der Waals surface area contributed by atoms with Crippen molar-refractivity contribution in [2.24, 2.45) is 0 Å². The normalized spacial score (nSPS) is 10.4. The van der Waals surface area contributed by atoms with E-state index in [2.05, 4.69) is 17.0 Å². The molecule has 4 heteroatoms. The Morgan fingerprint density at radius 2 is 2.18 bits per heavy atom. The molecule has 1 N–H and O–H groups in total. The molecule has 0 radical (unpaired) electrons. The Morgan fingerprint density at radius 1 is 1.35 bits per heavy atom. The van der Waals surface area contributed by atoms with Crippen LogP contribution in [0.1, 0.15) is 11.1 Å². The third-order valence-corrected chi connectivity index (χ3v) is 2.81. The lowest BCUT2D eigenvalue weighted by Crippen LogP contribution is -2.12. The van der Waals surface area contributed by atoms with E-state index in [0.29, 0.717) is 0 Å². The molecule has 2 rings (SSSR count). The summed E-state index contributed by atoms with van der Waals surface area (Å²) in [6, 6.07) is 7.83. The molecule has 0 fully saturated rings. The van der Waals surface area contributed by atoms with Crippen molar-refractivity contribution in [3.8, 4) is 0 Å². The molecule has 1 aromatic heterocycles. The molecule has 0 unspecified atom stereocenters. The first-order valence-corrected chi connectivity index (χ1v) is 5.77. The van der Waals surface area contributed by atoms with Crippen LogP contribution in [0.25, 0.3) is 6.20 Å². The van der Waals surface area contributed by atoms with Gasteiger partial charge in [-0.2, -0.15) is 5.10 Å². The highest BCUT2D eigenvalue weighted by molar-refractivity contribution is 6.31. The van der Waals surface area contributed by atoms with E-state index in [4.69, 9.17) is 11.6 Å². The Morgan fingerprint density at radius 3 is 2.88 bits per heavy atom. The summed E-state index contributed by atoms with van der Waals surface area (Å²) in [4.78, 5) is 0. The van der Waals surface area contributed by atoms with Crippen LogP contribution in [-0.4, -0.2) is 9.78 Å². The molecule has 3 nitrogen and oxygen atoms in total. The Kier molecular flexibility index (Phi) is 3.96. The summed E-state index contributed by atoms with van der Waals surface area (Å²) < 4.78 is 1.69. The van der Waals surface area contributed by atoms with Gasteiger partial charge in [-0.05, 0) is 11.6 Å². The molecule has 0 aliphatic heterocycles. The molecule has 0 spiro atoms. The van der Waals surface area contributed by atoms with Crippen molar-refractivity contribution in [2.45, 2.75) is 13.1 Å². The van der Waals surface area contributed by atoms with Crippen molar-refractivity contribution in [3.63, 3.8) is 0 Å². The van der Waals surface area contributed by atoms with Crippen molar-refractivity contribution in [1.29, 1.82) is 0 Å². The molecule has 0 saturated carbocycles. The standard InChI is InChI=1S/C13H14ClN3/c1-2-17-10-11(8-16-17)7-15-9-12-5-3-4-6-13(12)14/h2-6,8,10,15H,1,7,9H2. The van der Waals surface area contributed by atoms with Gasteiger partial charge in [0.25, 0.3) is 0 Å². The molecule has 0 saturated heterocycles. The van der Waals surface area contributed by atoms with E-state index in [1.807, 2.05) is 36.7 Å². The van der Waals surface area contributed by atoms with Crippen LogP contribution in [0.3, 0.4) is 0 Å². The van der Waals surface area contributed by atoms with Crippen LogP contribution < -0.4 is 5.32 Å². The number of rotatable bonds is 5. The highest BCUT2D eigenvalue weighted by Gasteiger charge is 1.99. The second-order valence-corrected chi connectivity index (χ2v) is 4.11. The fraction of sp³-hybridized carbons (Fsp3) is 0.154. The third-order valence-electron chi connectivity index (χ3n) is 2.44. The minimum absolute atomic E-state index is 0.749. The van der Waals surface area contributed by atoms with Crippen molar-refractivity contribution < 1.29 is 0 Å². The van der Waals surface area contributed by atoms with Crippen molar-refractivity contribution in [3.05, 3.63) is 59.4 Å². The number of aromatic nitrogens is 2. The van der Waals surface area contributed by atoms with E-state index in [-0.39, 0.29) is 0 Å². The van der Waals surface area contributed by atoms with Gasteiger partial charge < -0.3 is 5.32 Å². The molecule has 0 atom stereocenters. The van der Waals surface area contributed by atoms with Crippen LogP contribution in [0, 0.1) is 0 Å². The molecular formula is C13H14ClN3. The topological polar surface area (TPSA) is 29.9 Å². The highest BCUT2D eigenvalue weighted by Crippen LogP contribution is 2.14. The van der Waals surface area contributed by atoms with Crippen LogP contribution in [0.5, 0.6) is 0 Å². The number of nitrogens with one attached hydrogen (secondary N) is 1. The van der Waals surface area contributed by atoms with Gasteiger partial charge in [0, 0.05) is 36.1 Å². The van der Waals surface area contributed by atoms with Gasteiger partial charge in [-0.25, -0.2) is 4.68 Å². The average Bonchev–Trinajstić information content (AvgIpc) is 2.80. The lowest BCUT2D eigenvalue weighted by Gasteiger charge is -2.04. The minimum atomic E-state index is 0.749. The maximum Gasteiger partial charge on any atom is 0.0538 e. The summed E-state index contributed by atoms with van der Waals surface area (Å²) in [5.41, 5.74) is 2.22. The molecule has 2 aromatic rings. The van der Waals surface area contributed by atoms with Crippen molar-refractivity contribution >= 4 is 17.8 Å². The van der Waals surface area contributed by atoms with Crippen molar-refractivity contribution in [2.75, 3.05) is 0 Å². The zero-order chi connectivity index (χ0) is 12.1. The summed E-state index contributed by atoms with van der Waals surface area (Å²) in [6.07, 6.45) is 5.42. The van der Waals surface area contributed by atoms with E-state index in [9.17, 15) is 0 Å². The average molecular weight is 248 g/mol. The van der Waals surface area contributed by atoms with Gasteiger partial charge in [0.2, 0.25) is 0 Å². The number of hydrogen-bond donors (Lipinski definition) is 1. The van der Waals surface area contributed by atoms with Gasteiger partial charge in [0.1, 0.15) is 0 Å². The number of halogens is 1. The maximum atomic E-state index is 6.06. The van der Waals surface area contributed by atoms with Gasteiger partial charge in [-0.1, -0.05) is 36.4 Å². The summed E-state index contributed by atoms with van der Waals surface area (Å²) in [6.45, 7) is 5.16. The summed E-state index contributed by atoms with van der Waals surface area (Å²) in [5, 5.41) is 8.23. The van der Waals surface area contributed by atoms with Crippen LogP contribution in [-0.2, 0) is 13.1 Å². The van der Waals surface area contributed by atoms with E-state index in [0.717, 1.165) is 29.2 Å². The first-order chi connectivity index (χ1) is 8.29. The van der Waals surface area contributed by atoms with Gasteiger partial charge in [0.15, 0.2) is 0 Å². The molecule has 0 bridgehead atoms. The van der Waals surface area contributed by atoms with Crippen LogP contribution in [0.15, 0.2) is 43.2 Å². The zero-order valence-corrected chi connectivity index (χ0v) is 10.2. The minimum Gasteiger partial charge on any atom is -0.308 e. The van der Waals surface area contributed by atoms with Gasteiger partial charge in [-0.3, -0.25) is 0 Å². The van der Waals surface area contributed by atoms with E-state index in [1.165, 1.54) is 0 Å². The smallest absolute Gasteiger partial charge is 0.0538 e.